The molecule has 1 aromatic heterocycles. The molecule has 1 aliphatic rings. The van der Waals surface area contributed by atoms with Crippen LogP contribution in [0.4, 0.5) is 0 Å². The summed E-state index contributed by atoms with van der Waals surface area (Å²) < 4.78 is 7.66. The number of aromatic nitrogens is 2. The van der Waals surface area contributed by atoms with Crippen LogP contribution in [-0.4, -0.2) is 29.5 Å². The highest BCUT2D eigenvalue weighted by Gasteiger charge is 2.21. The van der Waals surface area contributed by atoms with E-state index in [1.54, 1.807) is 0 Å². The molecule has 1 saturated heterocycles. The summed E-state index contributed by atoms with van der Waals surface area (Å²) in [5, 5.41) is 7.84. The molecular formula is C16H21N3O. The number of benzene rings is 1. The molecule has 2 aromatic rings. The van der Waals surface area contributed by atoms with Gasteiger partial charge < -0.3 is 10.1 Å². The maximum atomic E-state index is 5.73. The van der Waals surface area contributed by atoms with E-state index in [-0.39, 0.29) is 0 Å². The SMILES string of the molecule is CNC(CC1CCCO1)c1cnn(-c2ccccc2)c1. The van der Waals surface area contributed by atoms with E-state index < -0.39 is 0 Å². The molecule has 1 aliphatic heterocycles. The number of para-hydroxylation sites is 1. The smallest absolute Gasteiger partial charge is 0.0645 e. The number of hydrogen-bond acceptors (Lipinski definition) is 3. The van der Waals surface area contributed by atoms with Crippen molar-refractivity contribution in [2.75, 3.05) is 13.7 Å². The Labute approximate surface area is 119 Å². The van der Waals surface area contributed by atoms with Gasteiger partial charge >= 0.3 is 0 Å². The minimum absolute atomic E-state index is 0.301. The largest absolute Gasteiger partial charge is 0.378 e. The lowest BCUT2D eigenvalue weighted by Gasteiger charge is -2.18. The van der Waals surface area contributed by atoms with Gasteiger partial charge in [-0.25, -0.2) is 4.68 Å². The van der Waals surface area contributed by atoms with Crippen molar-refractivity contribution in [2.24, 2.45) is 0 Å². The van der Waals surface area contributed by atoms with E-state index in [9.17, 15) is 0 Å². The van der Waals surface area contributed by atoms with E-state index in [4.69, 9.17) is 4.74 Å². The summed E-state index contributed by atoms with van der Waals surface area (Å²) in [6.45, 7) is 0.907. The highest BCUT2D eigenvalue weighted by Crippen LogP contribution is 2.25. The first-order valence-corrected chi connectivity index (χ1v) is 7.25. The van der Waals surface area contributed by atoms with Crippen LogP contribution in [-0.2, 0) is 4.74 Å². The number of nitrogens with zero attached hydrogens (tertiary/aromatic N) is 2. The van der Waals surface area contributed by atoms with Crippen molar-refractivity contribution in [1.29, 1.82) is 0 Å². The van der Waals surface area contributed by atoms with Gasteiger partial charge in [-0.3, -0.25) is 0 Å². The fourth-order valence-corrected chi connectivity index (χ4v) is 2.75. The summed E-state index contributed by atoms with van der Waals surface area (Å²) in [5.74, 6) is 0. The zero-order valence-corrected chi connectivity index (χ0v) is 11.8. The third-order valence-electron chi connectivity index (χ3n) is 3.90. The van der Waals surface area contributed by atoms with Gasteiger partial charge in [0.2, 0.25) is 0 Å². The van der Waals surface area contributed by atoms with Crippen LogP contribution in [0.5, 0.6) is 0 Å². The molecule has 2 unspecified atom stereocenters. The Balaban J connectivity index is 1.74. The molecule has 0 saturated carbocycles. The Morgan fingerprint density at radius 2 is 2.25 bits per heavy atom. The third kappa shape index (κ3) is 2.92. The lowest BCUT2D eigenvalue weighted by atomic mass is 10.0. The minimum Gasteiger partial charge on any atom is -0.378 e. The first kappa shape index (κ1) is 13.3. The topological polar surface area (TPSA) is 39.1 Å². The first-order valence-electron chi connectivity index (χ1n) is 7.25. The van der Waals surface area contributed by atoms with Gasteiger partial charge in [0, 0.05) is 24.4 Å². The molecule has 1 aromatic carbocycles. The van der Waals surface area contributed by atoms with Crippen LogP contribution >= 0.6 is 0 Å². The summed E-state index contributed by atoms with van der Waals surface area (Å²) in [7, 11) is 2.00. The van der Waals surface area contributed by atoms with Gasteiger partial charge in [0.15, 0.2) is 0 Å². The van der Waals surface area contributed by atoms with Crippen molar-refractivity contribution in [3.63, 3.8) is 0 Å². The lowest BCUT2D eigenvalue weighted by molar-refractivity contribution is 0.0954. The van der Waals surface area contributed by atoms with Crippen molar-refractivity contribution in [2.45, 2.75) is 31.4 Å². The van der Waals surface area contributed by atoms with Gasteiger partial charge in [0.25, 0.3) is 0 Å². The van der Waals surface area contributed by atoms with Crippen LogP contribution in [0.1, 0.15) is 30.9 Å². The highest BCUT2D eigenvalue weighted by molar-refractivity contribution is 5.31. The Bertz CT molecular complexity index is 532. The molecule has 106 valence electrons. The Morgan fingerprint density at radius 1 is 1.40 bits per heavy atom. The van der Waals surface area contributed by atoms with E-state index in [1.165, 1.54) is 18.4 Å². The van der Waals surface area contributed by atoms with Crippen LogP contribution in [0.15, 0.2) is 42.7 Å². The average Bonchev–Trinajstić information content (AvgIpc) is 3.17. The lowest BCUT2D eigenvalue weighted by Crippen LogP contribution is -2.21. The number of rotatable bonds is 5. The Kier molecular flexibility index (Phi) is 4.14. The molecule has 1 N–H and O–H groups in total. The normalized spacial score (nSPS) is 20.1. The van der Waals surface area contributed by atoms with E-state index in [1.807, 2.05) is 36.1 Å². The summed E-state index contributed by atoms with van der Waals surface area (Å²) in [5.41, 5.74) is 2.30. The Hall–Kier alpha value is -1.65. The van der Waals surface area contributed by atoms with Crippen molar-refractivity contribution in [1.82, 2.24) is 15.1 Å². The maximum absolute atomic E-state index is 5.73. The summed E-state index contributed by atoms with van der Waals surface area (Å²) in [6, 6.07) is 10.5. The highest BCUT2D eigenvalue weighted by atomic mass is 16.5. The van der Waals surface area contributed by atoms with Gasteiger partial charge in [-0.05, 0) is 38.4 Å². The van der Waals surface area contributed by atoms with Gasteiger partial charge in [0.05, 0.1) is 18.0 Å². The molecule has 4 nitrogen and oxygen atoms in total. The van der Waals surface area contributed by atoms with Crippen LogP contribution < -0.4 is 5.32 Å². The predicted molar refractivity (Wildman–Crippen MR) is 79.0 cm³/mol. The van der Waals surface area contributed by atoms with Crippen molar-refractivity contribution in [3.05, 3.63) is 48.3 Å². The average molecular weight is 271 g/mol. The zero-order valence-electron chi connectivity index (χ0n) is 11.8. The molecule has 0 aliphatic carbocycles. The molecule has 0 radical (unpaired) electrons. The van der Waals surface area contributed by atoms with E-state index in [0.717, 1.165) is 18.7 Å². The third-order valence-corrected chi connectivity index (χ3v) is 3.90. The molecule has 3 rings (SSSR count). The van der Waals surface area contributed by atoms with E-state index in [2.05, 4.69) is 28.7 Å². The minimum atomic E-state index is 0.301. The number of hydrogen-bond donors (Lipinski definition) is 1. The Morgan fingerprint density at radius 3 is 2.95 bits per heavy atom. The second kappa shape index (κ2) is 6.20. The quantitative estimate of drug-likeness (QED) is 0.908. The van der Waals surface area contributed by atoms with E-state index in [0.29, 0.717) is 12.1 Å². The van der Waals surface area contributed by atoms with Gasteiger partial charge in [-0.15, -0.1) is 0 Å². The standard InChI is InChI=1S/C16H21N3O/c1-17-16(10-15-8-5-9-20-15)13-11-18-19(12-13)14-6-3-2-4-7-14/h2-4,6-7,11-12,15-17H,5,8-10H2,1H3. The molecule has 0 amide bonds. The zero-order chi connectivity index (χ0) is 13.8. The predicted octanol–water partition coefficient (Wildman–Crippen LogP) is 2.70. The van der Waals surface area contributed by atoms with Crippen molar-refractivity contribution >= 4 is 0 Å². The molecule has 0 spiro atoms. The molecule has 20 heavy (non-hydrogen) atoms. The summed E-state index contributed by atoms with van der Waals surface area (Å²) in [4.78, 5) is 0. The van der Waals surface area contributed by atoms with Crippen LogP contribution in [0, 0.1) is 0 Å². The van der Waals surface area contributed by atoms with Crippen LogP contribution in [0.2, 0.25) is 0 Å². The second-order valence-electron chi connectivity index (χ2n) is 5.27. The van der Waals surface area contributed by atoms with Gasteiger partial charge in [-0.1, -0.05) is 18.2 Å². The van der Waals surface area contributed by atoms with Crippen LogP contribution in [0.25, 0.3) is 5.69 Å². The monoisotopic (exact) mass is 271 g/mol. The fraction of sp³-hybridized carbons (Fsp3) is 0.438. The van der Waals surface area contributed by atoms with E-state index >= 15 is 0 Å². The number of nitrogens with one attached hydrogen (secondary N) is 1. The van der Waals surface area contributed by atoms with Crippen molar-refractivity contribution in [3.8, 4) is 5.69 Å². The fourth-order valence-electron chi connectivity index (χ4n) is 2.75. The van der Waals surface area contributed by atoms with Crippen molar-refractivity contribution < 1.29 is 4.74 Å². The summed E-state index contributed by atoms with van der Waals surface area (Å²) in [6.07, 6.45) is 7.80. The first-order chi connectivity index (χ1) is 9.86. The van der Waals surface area contributed by atoms with Gasteiger partial charge in [-0.2, -0.15) is 5.10 Å². The molecule has 0 bridgehead atoms. The summed E-state index contributed by atoms with van der Waals surface area (Å²) >= 11 is 0. The molecule has 2 atom stereocenters. The molecule has 4 heteroatoms. The van der Waals surface area contributed by atoms with Crippen LogP contribution in [0.3, 0.4) is 0 Å². The molecule has 2 heterocycles. The van der Waals surface area contributed by atoms with Gasteiger partial charge in [0.1, 0.15) is 0 Å². The maximum Gasteiger partial charge on any atom is 0.0645 e. The number of ether oxygens (including phenoxy) is 1. The molecule has 1 fully saturated rings. The molecular weight excluding hydrogens is 250 g/mol. The second-order valence-corrected chi connectivity index (χ2v) is 5.27.